The molecule has 3 aromatic heterocycles. The van der Waals surface area contributed by atoms with E-state index in [2.05, 4.69) is 10.1 Å². The molecule has 0 aliphatic rings. The van der Waals surface area contributed by atoms with Crippen molar-refractivity contribution in [1.82, 2.24) is 19.3 Å². The number of aromatic nitrogens is 4. The molecule has 5 rings (SSSR count). The molecule has 2 aromatic carbocycles. The molecule has 166 valence electrons. The van der Waals surface area contributed by atoms with Gasteiger partial charge in [-0.3, -0.25) is 9.36 Å². The van der Waals surface area contributed by atoms with E-state index in [1.807, 2.05) is 19.1 Å². The fraction of sp³-hybridized carbons (Fsp3) is 0.130. The number of fused-ring (bicyclic) bond motifs is 1. The molecule has 0 bridgehead atoms. The molecule has 0 spiro atoms. The Morgan fingerprint density at radius 3 is 2.70 bits per heavy atom. The van der Waals surface area contributed by atoms with E-state index >= 15 is 0 Å². The van der Waals surface area contributed by atoms with Crippen molar-refractivity contribution < 1.29 is 13.7 Å². The standard InChI is InChI=1S/C23H17FN4O4S/c1-2-31-18-10-6-3-7-14(18)21-25-19(32-26-21)13-27-17-11-12-33-20(17)22(29)28(23(27)30)16-9-5-4-8-15(16)24/h3-12H,2,13H2,1H3. The van der Waals surface area contributed by atoms with Crippen LogP contribution in [0.2, 0.25) is 0 Å². The van der Waals surface area contributed by atoms with Crippen molar-refractivity contribution in [3.8, 4) is 22.8 Å². The number of hydrogen-bond donors (Lipinski definition) is 0. The summed E-state index contributed by atoms with van der Waals surface area (Å²) in [5.74, 6) is 0.403. The van der Waals surface area contributed by atoms with E-state index < -0.39 is 17.1 Å². The highest BCUT2D eigenvalue weighted by Gasteiger charge is 2.20. The predicted molar refractivity (Wildman–Crippen MR) is 122 cm³/mol. The van der Waals surface area contributed by atoms with Crippen molar-refractivity contribution in [3.63, 3.8) is 0 Å². The minimum atomic E-state index is -0.703. The van der Waals surface area contributed by atoms with Crippen molar-refractivity contribution in [3.05, 3.63) is 92.5 Å². The molecule has 0 N–H and O–H groups in total. The van der Waals surface area contributed by atoms with Crippen LogP contribution in [0.5, 0.6) is 5.75 Å². The van der Waals surface area contributed by atoms with Crippen LogP contribution in [0.1, 0.15) is 12.8 Å². The van der Waals surface area contributed by atoms with Gasteiger partial charge in [-0.05, 0) is 42.6 Å². The second kappa shape index (κ2) is 8.47. The molecule has 0 unspecified atom stereocenters. The van der Waals surface area contributed by atoms with Gasteiger partial charge in [0.15, 0.2) is 0 Å². The first-order valence-electron chi connectivity index (χ1n) is 10.1. The van der Waals surface area contributed by atoms with Gasteiger partial charge in [-0.2, -0.15) is 4.98 Å². The van der Waals surface area contributed by atoms with Gasteiger partial charge < -0.3 is 9.26 Å². The zero-order valence-corrected chi connectivity index (χ0v) is 18.2. The highest BCUT2D eigenvalue weighted by Crippen LogP contribution is 2.28. The Labute approximate surface area is 190 Å². The number of thiophene rings is 1. The van der Waals surface area contributed by atoms with Gasteiger partial charge in [0.05, 0.1) is 23.4 Å². The second-order valence-corrected chi connectivity index (χ2v) is 7.95. The maximum Gasteiger partial charge on any atom is 0.336 e. The average Bonchev–Trinajstić information content (AvgIpc) is 3.49. The molecule has 0 aliphatic heterocycles. The van der Waals surface area contributed by atoms with Gasteiger partial charge in [-0.25, -0.2) is 13.8 Å². The van der Waals surface area contributed by atoms with Crippen molar-refractivity contribution in [1.29, 1.82) is 0 Å². The zero-order chi connectivity index (χ0) is 22.9. The normalized spacial score (nSPS) is 11.2. The summed E-state index contributed by atoms with van der Waals surface area (Å²) in [4.78, 5) is 30.7. The van der Waals surface area contributed by atoms with Gasteiger partial charge in [0.1, 0.15) is 22.8 Å². The average molecular weight is 464 g/mol. The van der Waals surface area contributed by atoms with Gasteiger partial charge in [0, 0.05) is 0 Å². The Balaban J connectivity index is 1.62. The first-order valence-corrected chi connectivity index (χ1v) is 11.0. The van der Waals surface area contributed by atoms with Gasteiger partial charge >= 0.3 is 5.69 Å². The van der Waals surface area contributed by atoms with Crippen LogP contribution in [-0.2, 0) is 6.54 Å². The SMILES string of the molecule is CCOc1ccccc1-c1noc(Cn2c(=O)n(-c3ccccc3F)c(=O)c3sccc32)n1. The van der Waals surface area contributed by atoms with Crippen molar-refractivity contribution >= 4 is 21.6 Å². The third-order valence-electron chi connectivity index (χ3n) is 5.04. The maximum absolute atomic E-state index is 14.5. The first kappa shape index (κ1) is 20.8. The number of ether oxygens (including phenoxy) is 1. The Hall–Kier alpha value is -4.05. The van der Waals surface area contributed by atoms with Crippen LogP contribution in [0.3, 0.4) is 0 Å². The summed E-state index contributed by atoms with van der Waals surface area (Å²) in [6, 6.07) is 14.6. The van der Waals surface area contributed by atoms with Crippen LogP contribution < -0.4 is 16.0 Å². The third-order valence-corrected chi connectivity index (χ3v) is 5.93. The molecule has 0 radical (unpaired) electrons. The monoisotopic (exact) mass is 464 g/mol. The number of para-hydroxylation sites is 2. The lowest BCUT2D eigenvalue weighted by atomic mass is 10.2. The van der Waals surface area contributed by atoms with Crippen LogP contribution in [0, 0.1) is 5.82 Å². The minimum Gasteiger partial charge on any atom is -0.493 e. The smallest absolute Gasteiger partial charge is 0.336 e. The molecule has 0 atom stereocenters. The van der Waals surface area contributed by atoms with Crippen molar-refractivity contribution in [2.75, 3.05) is 6.61 Å². The maximum atomic E-state index is 14.5. The van der Waals surface area contributed by atoms with E-state index in [0.29, 0.717) is 34.0 Å². The fourth-order valence-corrected chi connectivity index (χ4v) is 4.41. The van der Waals surface area contributed by atoms with Crippen molar-refractivity contribution in [2.45, 2.75) is 13.5 Å². The van der Waals surface area contributed by atoms with E-state index in [1.54, 1.807) is 29.6 Å². The summed E-state index contributed by atoms with van der Waals surface area (Å²) < 4.78 is 28.0. The third kappa shape index (κ3) is 3.64. The van der Waals surface area contributed by atoms with Gasteiger partial charge in [-0.1, -0.05) is 29.4 Å². The summed E-state index contributed by atoms with van der Waals surface area (Å²) in [5.41, 5.74) is -0.335. The summed E-state index contributed by atoms with van der Waals surface area (Å²) in [7, 11) is 0. The molecule has 3 heterocycles. The first-order chi connectivity index (χ1) is 16.1. The van der Waals surface area contributed by atoms with E-state index in [-0.39, 0.29) is 18.1 Å². The van der Waals surface area contributed by atoms with Crippen LogP contribution in [-0.4, -0.2) is 25.9 Å². The Morgan fingerprint density at radius 2 is 1.88 bits per heavy atom. The van der Waals surface area contributed by atoms with Gasteiger partial charge in [0.25, 0.3) is 5.56 Å². The second-order valence-electron chi connectivity index (χ2n) is 7.04. The van der Waals surface area contributed by atoms with Crippen LogP contribution >= 0.6 is 11.3 Å². The number of halogens is 1. The molecule has 0 aliphatic carbocycles. The lowest BCUT2D eigenvalue weighted by Crippen LogP contribution is -2.39. The largest absolute Gasteiger partial charge is 0.493 e. The van der Waals surface area contributed by atoms with E-state index in [1.165, 1.54) is 34.1 Å². The molecule has 0 fully saturated rings. The number of rotatable bonds is 6. The minimum absolute atomic E-state index is 0.0927. The zero-order valence-electron chi connectivity index (χ0n) is 17.4. The summed E-state index contributed by atoms with van der Waals surface area (Å²) in [6.07, 6.45) is 0. The number of nitrogens with zero attached hydrogens (tertiary/aromatic N) is 4. The summed E-state index contributed by atoms with van der Waals surface area (Å²) in [5, 5.41) is 5.73. The molecule has 10 heteroatoms. The van der Waals surface area contributed by atoms with Crippen LogP contribution in [0.15, 0.2) is 74.1 Å². The predicted octanol–water partition coefficient (Wildman–Crippen LogP) is 3.85. The lowest BCUT2D eigenvalue weighted by molar-refractivity contribution is 0.340. The number of benzene rings is 2. The van der Waals surface area contributed by atoms with E-state index in [9.17, 15) is 14.0 Å². The van der Waals surface area contributed by atoms with E-state index in [0.717, 1.165) is 4.57 Å². The molecule has 0 saturated carbocycles. The molecular weight excluding hydrogens is 447 g/mol. The quantitative estimate of drug-likeness (QED) is 0.379. The van der Waals surface area contributed by atoms with E-state index in [4.69, 9.17) is 9.26 Å². The topological polar surface area (TPSA) is 92.2 Å². The molecule has 5 aromatic rings. The van der Waals surface area contributed by atoms with Crippen LogP contribution in [0.4, 0.5) is 4.39 Å². The van der Waals surface area contributed by atoms with Crippen LogP contribution in [0.25, 0.3) is 27.3 Å². The van der Waals surface area contributed by atoms with Crippen molar-refractivity contribution in [2.24, 2.45) is 0 Å². The molecule has 8 nitrogen and oxygen atoms in total. The lowest BCUT2D eigenvalue weighted by Gasteiger charge is -2.11. The van der Waals surface area contributed by atoms with Gasteiger partial charge in [-0.15, -0.1) is 11.3 Å². The summed E-state index contributed by atoms with van der Waals surface area (Å²) >= 11 is 1.17. The van der Waals surface area contributed by atoms with Gasteiger partial charge in [0.2, 0.25) is 11.7 Å². The highest BCUT2D eigenvalue weighted by molar-refractivity contribution is 7.17. The highest BCUT2D eigenvalue weighted by atomic mass is 32.1. The Morgan fingerprint density at radius 1 is 1.09 bits per heavy atom. The summed E-state index contributed by atoms with van der Waals surface area (Å²) in [6.45, 7) is 2.26. The molecule has 33 heavy (non-hydrogen) atoms. The molecule has 0 amide bonds. The molecule has 0 saturated heterocycles. The Kier molecular flexibility index (Phi) is 5.35. The number of hydrogen-bond acceptors (Lipinski definition) is 7. The Bertz CT molecular complexity index is 1580. The fourth-order valence-electron chi connectivity index (χ4n) is 3.58. The molecular formula is C23H17FN4O4S.